The molecule has 3 heteroatoms. The molecule has 0 unspecified atom stereocenters. The Kier molecular flexibility index (Phi) is 4.68. The first kappa shape index (κ1) is 10.4. The van der Waals surface area contributed by atoms with Crippen molar-refractivity contribution in [2.75, 3.05) is 6.54 Å². The Morgan fingerprint density at radius 2 is 2.46 bits per heavy atom. The fourth-order valence-electron chi connectivity index (χ4n) is 0.907. The molecule has 0 radical (unpaired) electrons. The molecule has 1 heterocycles. The van der Waals surface area contributed by atoms with Gasteiger partial charge in [-0.25, -0.2) is 4.98 Å². The van der Waals surface area contributed by atoms with Gasteiger partial charge in [-0.1, -0.05) is 13.3 Å². The molecule has 0 aliphatic carbocycles. The number of unbranched alkanes of at least 4 members (excludes halogenated alkanes) is 1. The van der Waals surface area contributed by atoms with Crippen molar-refractivity contribution in [3.63, 3.8) is 0 Å². The first-order valence-electron chi connectivity index (χ1n) is 4.45. The minimum atomic E-state index is 0.857. The Balaban J connectivity index is 2.53. The Morgan fingerprint density at radius 1 is 1.62 bits per heavy atom. The van der Waals surface area contributed by atoms with E-state index in [1.807, 2.05) is 18.3 Å². The van der Waals surface area contributed by atoms with Crippen molar-refractivity contribution < 1.29 is 0 Å². The Hall–Kier alpha value is -0.700. The first-order valence-corrected chi connectivity index (χ1v) is 5.24. The molecule has 0 aromatic carbocycles. The second-order valence-corrected chi connectivity index (χ2v) is 3.52. The van der Waals surface area contributed by atoms with Gasteiger partial charge in [0.15, 0.2) is 0 Å². The highest BCUT2D eigenvalue weighted by Gasteiger charge is 1.93. The molecule has 0 N–H and O–H groups in total. The van der Waals surface area contributed by atoms with Gasteiger partial charge in [0.2, 0.25) is 0 Å². The minimum Gasteiger partial charge on any atom is -0.292 e. The van der Waals surface area contributed by atoms with E-state index in [1.165, 1.54) is 6.42 Å². The molecule has 0 aliphatic heterocycles. The maximum Gasteiger partial charge on any atom is 0.114 e. The van der Waals surface area contributed by atoms with Crippen molar-refractivity contribution in [2.45, 2.75) is 19.8 Å². The number of pyridine rings is 1. The third-order valence-corrected chi connectivity index (χ3v) is 2.32. The monoisotopic (exact) mass is 240 g/mol. The smallest absolute Gasteiger partial charge is 0.114 e. The normalized spacial score (nSPS) is 10.9. The summed E-state index contributed by atoms with van der Waals surface area (Å²) in [7, 11) is 0. The van der Waals surface area contributed by atoms with Gasteiger partial charge in [0.05, 0.1) is 0 Å². The molecule has 70 valence electrons. The highest BCUT2D eigenvalue weighted by Crippen LogP contribution is 2.09. The SMILES string of the molecule is CCCCN=Cc1cccnc1Br. The van der Waals surface area contributed by atoms with E-state index in [-0.39, 0.29) is 0 Å². The lowest BCUT2D eigenvalue weighted by atomic mass is 10.3. The van der Waals surface area contributed by atoms with E-state index in [0.717, 1.165) is 23.1 Å². The van der Waals surface area contributed by atoms with E-state index in [0.29, 0.717) is 0 Å². The zero-order valence-corrected chi connectivity index (χ0v) is 9.29. The number of halogens is 1. The van der Waals surface area contributed by atoms with Crippen LogP contribution in [-0.2, 0) is 0 Å². The van der Waals surface area contributed by atoms with Gasteiger partial charge in [-0.2, -0.15) is 0 Å². The van der Waals surface area contributed by atoms with Gasteiger partial charge < -0.3 is 0 Å². The largest absolute Gasteiger partial charge is 0.292 e. The van der Waals surface area contributed by atoms with Crippen LogP contribution >= 0.6 is 15.9 Å². The predicted octanol–water partition coefficient (Wildman–Crippen LogP) is 3.06. The fourth-order valence-corrected chi connectivity index (χ4v) is 1.26. The summed E-state index contributed by atoms with van der Waals surface area (Å²) in [6.45, 7) is 3.06. The van der Waals surface area contributed by atoms with Gasteiger partial charge in [-0.3, -0.25) is 4.99 Å². The highest BCUT2D eigenvalue weighted by atomic mass is 79.9. The van der Waals surface area contributed by atoms with Crippen molar-refractivity contribution in [2.24, 2.45) is 4.99 Å². The van der Waals surface area contributed by atoms with Crippen molar-refractivity contribution in [3.05, 3.63) is 28.5 Å². The molecule has 1 aromatic rings. The lowest BCUT2D eigenvalue weighted by Gasteiger charge is -1.95. The summed E-state index contributed by atoms with van der Waals surface area (Å²) in [5, 5.41) is 0. The molecular weight excluding hydrogens is 228 g/mol. The molecule has 0 saturated heterocycles. The number of hydrogen-bond acceptors (Lipinski definition) is 2. The lowest BCUT2D eigenvalue weighted by molar-refractivity contribution is 0.810. The van der Waals surface area contributed by atoms with Gasteiger partial charge in [-0.05, 0) is 34.5 Å². The molecule has 0 atom stereocenters. The summed E-state index contributed by atoms with van der Waals surface area (Å²) in [6.07, 6.45) is 5.96. The van der Waals surface area contributed by atoms with Gasteiger partial charge in [0.1, 0.15) is 4.60 Å². The zero-order valence-electron chi connectivity index (χ0n) is 7.70. The second kappa shape index (κ2) is 5.86. The third kappa shape index (κ3) is 3.68. The van der Waals surface area contributed by atoms with E-state index < -0.39 is 0 Å². The van der Waals surface area contributed by atoms with Crippen LogP contribution in [0.5, 0.6) is 0 Å². The maximum atomic E-state index is 4.30. The summed E-state index contributed by atoms with van der Waals surface area (Å²) in [5.41, 5.74) is 1.04. The molecular formula is C10H13BrN2. The summed E-state index contributed by atoms with van der Waals surface area (Å²) in [6, 6.07) is 3.90. The van der Waals surface area contributed by atoms with Crippen molar-refractivity contribution in [1.29, 1.82) is 0 Å². The number of hydrogen-bond donors (Lipinski definition) is 0. The van der Waals surface area contributed by atoms with Gasteiger partial charge in [0, 0.05) is 24.5 Å². The average molecular weight is 241 g/mol. The average Bonchev–Trinajstić information content (AvgIpc) is 2.15. The third-order valence-electron chi connectivity index (χ3n) is 1.66. The first-order chi connectivity index (χ1) is 6.34. The number of aliphatic imine (C=N–C) groups is 1. The Morgan fingerprint density at radius 3 is 3.15 bits per heavy atom. The molecule has 0 amide bonds. The van der Waals surface area contributed by atoms with Crippen LogP contribution in [0.3, 0.4) is 0 Å². The standard InChI is InChI=1S/C10H13BrN2/c1-2-3-6-12-8-9-5-4-7-13-10(9)11/h4-5,7-8H,2-3,6H2,1H3. The molecule has 0 bridgehead atoms. The van der Waals surface area contributed by atoms with Crippen LogP contribution in [0.1, 0.15) is 25.3 Å². The van der Waals surface area contributed by atoms with Gasteiger partial charge in [-0.15, -0.1) is 0 Å². The topological polar surface area (TPSA) is 25.2 Å². The summed E-state index contributed by atoms with van der Waals surface area (Å²) in [4.78, 5) is 8.40. The van der Waals surface area contributed by atoms with Gasteiger partial charge in [0.25, 0.3) is 0 Å². The summed E-state index contributed by atoms with van der Waals surface area (Å²) < 4.78 is 0.857. The van der Waals surface area contributed by atoms with Crippen LogP contribution in [0.15, 0.2) is 27.9 Å². The van der Waals surface area contributed by atoms with Crippen LogP contribution in [0.25, 0.3) is 0 Å². The van der Waals surface area contributed by atoms with E-state index >= 15 is 0 Å². The molecule has 0 aliphatic rings. The molecule has 0 fully saturated rings. The number of aromatic nitrogens is 1. The maximum absolute atomic E-state index is 4.30. The van der Waals surface area contributed by atoms with Crippen molar-refractivity contribution in [3.8, 4) is 0 Å². The number of rotatable bonds is 4. The van der Waals surface area contributed by atoms with Crippen molar-refractivity contribution in [1.82, 2.24) is 4.98 Å². The lowest BCUT2D eigenvalue weighted by Crippen LogP contribution is -1.87. The van der Waals surface area contributed by atoms with Crippen LogP contribution in [-0.4, -0.2) is 17.7 Å². The molecule has 1 aromatic heterocycles. The van der Waals surface area contributed by atoms with Crippen LogP contribution < -0.4 is 0 Å². The van der Waals surface area contributed by atoms with E-state index in [1.54, 1.807) is 6.20 Å². The summed E-state index contributed by atoms with van der Waals surface area (Å²) >= 11 is 3.36. The zero-order chi connectivity index (χ0) is 9.52. The molecule has 2 nitrogen and oxygen atoms in total. The minimum absolute atomic E-state index is 0.857. The molecule has 13 heavy (non-hydrogen) atoms. The number of nitrogens with zero attached hydrogens (tertiary/aromatic N) is 2. The summed E-state index contributed by atoms with van der Waals surface area (Å²) in [5.74, 6) is 0. The fraction of sp³-hybridized carbons (Fsp3) is 0.400. The second-order valence-electron chi connectivity index (χ2n) is 2.77. The van der Waals surface area contributed by atoms with Crippen LogP contribution in [0, 0.1) is 0 Å². The van der Waals surface area contributed by atoms with Crippen LogP contribution in [0.2, 0.25) is 0 Å². The van der Waals surface area contributed by atoms with Crippen LogP contribution in [0.4, 0.5) is 0 Å². The Labute approximate surface area is 87.2 Å². The van der Waals surface area contributed by atoms with Gasteiger partial charge >= 0.3 is 0 Å². The molecule has 1 rings (SSSR count). The van der Waals surface area contributed by atoms with Crippen molar-refractivity contribution >= 4 is 22.1 Å². The highest BCUT2D eigenvalue weighted by molar-refractivity contribution is 9.10. The predicted molar refractivity (Wildman–Crippen MR) is 59.3 cm³/mol. The van der Waals surface area contributed by atoms with E-state index in [9.17, 15) is 0 Å². The van der Waals surface area contributed by atoms with E-state index in [4.69, 9.17) is 0 Å². The van der Waals surface area contributed by atoms with E-state index in [2.05, 4.69) is 32.8 Å². The molecule has 0 saturated carbocycles. The quantitative estimate of drug-likeness (QED) is 0.451. The Bertz CT molecular complexity index is 284. The molecule has 0 spiro atoms.